The first-order valence-electron chi connectivity index (χ1n) is 5.67. The van der Waals surface area contributed by atoms with Gasteiger partial charge in [-0.2, -0.15) is 0 Å². The number of phenols is 1. The van der Waals surface area contributed by atoms with Gasteiger partial charge in [-0.25, -0.2) is 0 Å². The summed E-state index contributed by atoms with van der Waals surface area (Å²) in [6.45, 7) is 1.95. The van der Waals surface area contributed by atoms with Crippen molar-refractivity contribution in [3.05, 3.63) is 57.0 Å². The number of benzene rings is 2. The summed E-state index contributed by atoms with van der Waals surface area (Å²) < 4.78 is 0. The number of halogens is 3. The Morgan fingerprint density at radius 1 is 1.00 bits per heavy atom. The van der Waals surface area contributed by atoms with Gasteiger partial charge >= 0.3 is 0 Å². The van der Waals surface area contributed by atoms with E-state index in [9.17, 15) is 5.11 Å². The molecule has 0 aliphatic heterocycles. The zero-order chi connectivity index (χ0) is 14.0. The van der Waals surface area contributed by atoms with Crippen LogP contribution in [0, 0.1) is 0 Å². The van der Waals surface area contributed by atoms with Crippen molar-refractivity contribution >= 4 is 40.5 Å². The van der Waals surface area contributed by atoms with Crippen molar-refractivity contribution in [1.82, 2.24) is 0 Å². The summed E-state index contributed by atoms with van der Waals surface area (Å²) >= 11 is 18.1. The Bertz CT molecular complexity index is 601. The molecule has 0 unspecified atom stereocenters. The average Bonchev–Trinajstić information content (AvgIpc) is 2.33. The first kappa shape index (κ1) is 14.3. The molecule has 0 heterocycles. The molecule has 0 saturated carbocycles. The molecular weight excluding hydrogens is 305 g/mol. The molecule has 0 aliphatic rings. The highest BCUT2D eigenvalue weighted by molar-refractivity contribution is 6.35. The van der Waals surface area contributed by atoms with Crippen molar-refractivity contribution in [3.63, 3.8) is 0 Å². The molecule has 2 rings (SSSR count). The van der Waals surface area contributed by atoms with Crippen LogP contribution in [0.25, 0.3) is 0 Å². The van der Waals surface area contributed by atoms with Crippen LogP contribution in [-0.2, 0) is 0 Å². The topological polar surface area (TPSA) is 32.3 Å². The zero-order valence-electron chi connectivity index (χ0n) is 10.1. The lowest BCUT2D eigenvalue weighted by atomic mass is 10.1. The molecule has 0 radical (unpaired) electrons. The molecule has 2 aromatic rings. The van der Waals surface area contributed by atoms with E-state index in [1.54, 1.807) is 24.3 Å². The van der Waals surface area contributed by atoms with Crippen LogP contribution in [0.2, 0.25) is 15.1 Å². The zero-order valence-corrected chi connectivity index (χ0v) is 12.4. The first-order valence-corrected chi connectivity index (χ1v) is 6.81. The van der Waals surface area contributed by atoms with Crippen molar-refractivity contribution in [2.75, 3.05) is 5.32 Å². The van der Waals surface area contributed by atoms with Gasteiger partial charge in [0.15, 0.2) is 0 Å². The quantitative estimate of drug-likeness (QED) is 0.780. The predicted molar refractivity (Wildman–Crippen MR) is 81.6 cm³/mol. The van der Waals surface area contributed by atoms with Gasteiger partial charge in [-0.15, -0.1) is 0 Å². The Morgan fingerprint density at radius 3 is 2.42 bits per heavy atom. The van der Waals surface area contributed by atoms with E-state index in [0.717, 1.165) is 5.56 Å². The minimum atomic E-state index is -0.0657. The van der Waals surface area contributed by atoms with E-state index in [-0.39, 0.29) is 11.8 Å². The fourth-order valence-electron chi connectivity index (χ4n) is 1.79. The Balaban J connectivity index is 2.25. The monoisotopic (exact) mass is 315 g/mol. The van der Waals surface area contributed by atoms with Crippen LogP contribution in [0.4, 0.5) is 5.69 Å². The largest absolute Gasteiger partial charge is 0.508 e. The van der Waals surface area contributed by atoms with Crippen LogP contribution in [0.5, 0.6) is 5.75 Å². The van der Waals surface area contributed by atoms with Crippen molar-refractivity contribution in [2.45, 2.75) is 13.0 Å². The predicted octanol–water partition coefficient (Wildman–Crippen LogP) is 5.53. The Kier molecular flexibility index (Phi) is 4.46. The van der Waals surface area contributed by atoms with Gasteiger partial charge in [0.2, 0.25) is 0 Å². The second-order valence-electron chi connectivity index (χ2n) is 4.20. The van der Waals surface area contributed by atoms with Gasteiger partial charge in [-0.1, -0.05) is 40.9 Å². The number of aromatic hydroxyl groups is 1. The summed E-state index contributed by atoms with van der Waals surface area (Å²) in [5.74, 6) is 0.154. The normalized spacial score (nSPS) is 12.2. The van der Waals surface area contributed by atoms with Gasteiger partial charge in [0.25, 0.3) is 0 Å². The van der Waals surface area contributed by atoms with Gasteiger partial charge in [0.1, 0.15) is 5.75 Å². The summed E-state index contributed by atoms with van der Waals surface area (Å²) in [4.78, 5) is 0. The number of rotatable bonds is 3. The van der Waals surface area contributed by atoms with Crippen molar-refractivity contribution in [2.24, 2.45) is 0 Å². The summed E-state index contributed by atoms with van der Waals surface area (Å²) in [5, 5.41) is 14.4. The summed E-state index contributed by atoms with van der Waals surface area (Å²) in [5.41, 5.74) is 1.56. The van der Waals surface area contributed by atoms with E-state index < -0.39 is 0 Å². The molecule has 2 N–H and O–H groups in total. The Morgan fingerprint density at radius 2 is 1.74 bits per heavy atom. The fourth-order valence-corrected chi connectivity index (χ4v) is 2.53. The van der Waals surface area contributed by atoms with Crippen LogP contribution in [0.3, 0.4) is 0 Å². The molecule has 1 atom stereocenters. The lowest BCUT2D eigenvalue weighted by molar-refractivity contribution is 0.475. The van der Waals surface area contributed by atoms with E-state index in [1.165, 1.54) is 6.07 Å². The van der Waals surface area contributed by atoms with Crippen LogP contribution in [0.1, 0.15) is 18.5 Å². The van der Waals surface area contributed by atoms with Crippen LogP contribution in [-0.4, -0.2) is 5.11 Å². The molecule has 2 nitrogen and oxygen atoms in total. The third-order valence-electron chi connectivity index (χ3n) is 2.75. The van der Waals surface area contributed by atoms with E-state index in [4.69, 9.17) is 34.8 Å². The highest BCUT2D eigenvalue weighted by Crippen LogP contribution is 2.32. The lowest BCUT2D eigenvalue weighted by Crippen LogP contribution is -2.07. The third kappa shape index (κ3) is 3.47. The van der Waals surface area contributed by atoms with Gasteiger partial charge in [-0.3, -0.25) is 0 Å². The SMILES string of the molecule is C[C@@H](Nc1cc(O)ccc1Cl)c1ccc(Cl)cc1Cl. The molecule has 2 aromatic carbocycles. The van der Waals surface area contributed by atoms with Gasteiger partial charge in [-0.05, 0) is 36.8 Å². The van der Waals surface area contributed by atoms with Crippen molar-refractivity contribution < 1.29 is 5.11 Å². The summed E-state index contributed by atoms with van der Waals surface area (Å²) in [6, 6.07) is 10.0. The van der Waals surface area contributed by atoms with E-state index >= 15 is 0 Å². The number of hydrogen-bond acceptors (Lipinski definition) is 2. The first-order chi connectivity index (χ1) is 8.97. The molecule has 0 saturated heterocycles. The summed E-state index contributed by atoms with van der Waals surface area (Å²) in [6.07, 6.45) is 0. The highest BCUT2D eigenvalue weighted by atomic mass is 35.5. The second kappa shape index (κ2) is 5.91. The standard InChI is InChI=1S/C14H12Cl3NO/c1-8(11-4-2-9(15)6-13(11)17)18-14-7-10(19)3-5-12(14)16/h2-8,18-19H,1H3/t8-/m1/s1. The maximum atomic E-state index is 9.47. The van der Waals surface area contributed by atoms with Gasteiger partial charge < -0.3 is 10.4 Å². The number of nitrogens with one attached hydrogen (secondary N) is 1. The second-order valence-corrected chi connectivity index (χ2v) is 5.45. The van der Waals surface area contributed by atoms with Crippen molar-refractivity contribution in [1.29, 1.82) is 0 Å². The smallest absolute Gasteiger partial charge is 0.117 e. The molecule has 19 heavy (non-hydrogen) atoms. The maximum absolute atomic E-state index is 9.47. The number of phenolic OH excluding ortho intramolecular Hbond substituents is 1. The molecule has 0 aliphatic carbocycles. The lowest BCUT2D eigenvalue weighted by Gasteiger charge is -2.18. The highest BCUT2D eigenvalue weighted by Gasteiger charge is 2.12. The molecule has 0 fully saturated rings. The molecule has 0 spiro atoms. The molecule has 0 aromatic heterocycles. The molecule has 0 amide bonds. The Hall–Kier alpha value is -1.09. The minimum Gasteiger partial charge on any atom is -0.508 e. The van der Waals surface area contributed by atoms with Crippen LogP contribution in [0.15, 0.2) is 36.4 Å². The van der Waals surface area contributed by atoms with Crippen LogP contribution < -0.4 is 5.32 Å². The molecule has 5 heteroatoms. The number of anilines is 1. The van der Waals surface area contributed by atoms with E-state index in [2.05, 4.69) is 5.32 Å². The molecule has 100 valence electrons. The molecular formula is C14H12Cl3NO. The average molecular weight is 317 g/mol. The number of hydrogen-bond donors (Lipinski definition) is 2. The van der Waals surface area contributed by atoms with Crippen molar-refractivity contribution in [3.8, 4) is 5.75 Å². The van der Waals surface area contributed by atoms with Crippen LogP contribution >= 0.6 is 34.8 Å². The van der Waals surface area contributed by atoms with E-state index in [1.807, 2.05) is 13.0 Å². The molecule has 0 bridgehead atoms. The van der Waals surface area contributed by atoms with E-state index in [0.29, 0.717) is 20.8 Å². The fraction of sp³-hybridized carbons (Fsp3) is 0.143. The van der Waals surface area contributed by atoms with Gasteiger partial charge in [0.05, 0.1) is 16.8 Å². The van der Waals surface area contributed by atoms with Gasteiger partial charge in [0, 0.05) is 16.1 Å². The maximum Gasteiger partial charge on any atom is 0.117 e. The summed E-state index contributed by atoms with van der Waals surface area (Å²) in [7, 11) is 0. The Labute approximate surface area is 126 Å². The minimum absolute atomic E-state index is 0.0657. The third-order valence-corrected chi connectivity index (χ3v) is 3.64.